The molecule has 0 heterocycles. The van der Waals surface area contributed by atoms with Gasteiger partial charge in [-0.15, -0.1) is 0 Å². The lowest BCUT2D eigenvalue weighted by atomic mass is 9.98. The molecule has 1 atom stereocenters. The van der Waals surface area contributed by atoms with Crippen molar-refractivity contribution in [3.63, 3.8) is 0 Å². The predicted molar refractivity (Wildman–Crippen MR) is 72.6 cm³/mol. The number of aryl methyl sites for hydroxylation is 2. The zero-order chi connectivity index (χ0) is 14.6. The summed E-state index contributed by atoms with van der Waals surface area (Å²) in [6, 6.07) is 2.69. The highest BCUT2D eigenvalue weighted by Gasteiger charge is 2.33. The van der Waals surface area contributed by atoms with Crippen LogP contribution in [-0.4, -0.2) is 12.7 Å². The van der Waals surface area contributed by atoms with Crippen molar-refractivity contribution in [1.82, 2.24) is 5.32 Å². The Morgan fingerprint density at radius 2 is 1.79 bits per heavy atom. The summed E-state index contributed by atoms with van der Waals surface area (Å²) >= 11 is 6.10. The first-order chi connectivity index (χ1) is 8.74. The summed E-state index contributed by atoms with van der Waals surface area (Å²) in [6.45, 7) is 6.21. The minimum absolute atomic E-state index is 0.390. The van der Waals surface area contributed by atoms with Gasteiger partial charge in [0.15, 0.2) is 0 Å². The van der Waals surface area contributed by atoms with Gasteiger partial charge in [-0.1, -0.05) is 24.6 Å². The maximum absolute atomic E-state index is 12.6. The highest BCUT2D eigenvalue weighted by Crippen LogP contribution is 2.34. The van der Waals surface area contributed by atoms with Crippen molar-refractivity contribution >= 4 is 11.6 Å². The molecule has 1 unspecified atom stereocenters. The normalized spacial score (nSPS) is 13.6. The van der Waals surface area contributed by atoms with Crippen molar-refractivity contribution in [2.75, 3.05) is 6.54 Å². The molecule has 108 valence electrons. The van der Waals surface area contributed by atoms with Gasteiger partial charge in [0.1, 0.15) is 0 Å². The zero-order valence-corrected chi connectivity index (χ0v) is 12.1. The Hall–Kier alpha value is -0.740. The minimum Gasteiger partial charge on any atom is -0.310 e. The Bertz CT molecular complexity index is 429. The molecule has 1 rings (SSSR count). The minimum atomic E-state index is -4.21. The van der Waals surface area contributed by atoms with Crippen molar-refractivity contribution in [3.05, 3.63) is 33.8 Å². The van der Waals surface area contributed by atoms with E-state index in [9.17, 15) is 13.2 Å². The fourth-order valence-corrected chi connectivity index (χ4v) is 2.26. The number of nitrogens with one attached hydrogen (secondary N) is 1. The van der Waals surface area contributed by atoms with E-state index in [1.54, 1.807) is 12.1 Å². The van der Waals surface area contributed by atoms with Crippen LogP contribution in [0.2, 0.25) is 5.02 Å². The summed E-state index contributed by atoms with van der Waals surface area (Å²) < 4.78 is 37.9. The molecule has 0 aromatic heterocycles. The first-order valence-electron chi connectivity index (χ1n) is 6.31. The van der Waals surface area contributed by atoms with Crippen LogP contribution in [0.15, 0.2) is 12.1 Å². The molecule has 0 aliphatic rings. The number of hydrogen-bond acceptors (Lipinski definition) is 1. The number of benzene rings is 1. The van der Waals surface area contributed by atoms with E-state index in [1.807, 2.05) is 20.8 Å². The van der Waals surface area contributed by atoms with Gasteiger partial charge in [0.2, 0.25) is 0 Å². The first kappa shape index (κ1) is 16.3. The van der Waals surface area contributed by atoms with Crippen LogP contribution in [0.4, 0.5) is 13.2 Å². The molecule has 0 bridgehead atoms. The third-order valence-electron chi connectivity index (χ3n) is 3.06. The molecule has 0 aliphatic heterocycles. The van der Waals surface area contributed by atoms with Gasteiger partial charge in [-0.3, -0.25) is 0 Å². The molecule has 1 N–H and O–H groups in total. The van der Waals surface area contributed by atoms with Crippen molar-refractivity contribution < 1.29 is 13.2 Å². The van der Waals surface area contributed by atoms with Crippen molar-refractivity contribution in [1.29, 1.82) is 0 Å². The van der Waals surface area contributed by atoms with E-state index in [2.05, 4.69) is 5.32 Å². The van der Waals surface area contributed by atoms with Crippen LogP contribution in [0.5, 0.6) is 0 Å². The molecule has 0 spiro atoms. The average molecular weight is 294 g/mol. The van der Waals surface area contributed by atoms with E-state index in [0.29, 0.717) is 17.1 Å². The molecule has 0 saturated carbocycles. The zero-order valence-electron chi connectivity index (χ0n) is 11.4. The fraction of sp³-hybridized carbons (Fsp3) is 0.571. The van der Waals surface area contributed by atoms with Crippen LogP contribution >= 0.6 is 11.6 Å². The summed E-state index contributed by atoms with van der Waals surface area (Å²) in [5.41, 5.74) is 2.45. The van der Waals surface area contributed by atoms with Gasteiger partial charge in [0.05, 0.1) is 6.42 Å². The number of hydrogen-bond donors (Lipinski definition) is 1. The van der Waals surface area contributed by atoms with Crippen LogP contribution in [0.3, 0.4) is 0 Å². The second-order valence-corrected chi connectivity index (χ2v) is 5.19. The highest BCUT2D eigenvalue weighted by molar-refractivity contribution is 6.31. The van der Waals surface area contributed by atoms with Crippen LogP contribution in [0.25, 0.3) is 0 Å². The third kappa shape index (κ3) is 5.03. The summed E-state index contributed by atoms with van der Waals surface area (Å²) in [5.74, 6) is 0. The van der Waals surface area contributed by atoms with Gasteiger partial charge in [0, 0.05) is 11.1 Å². The van der Waals surface area contributed by atoms with Crippen molar-refractivity contribution in [3.8, 4) is 0 Å². The van der Waals surface area contributed by atoms with Crippen LogP contribution in [0.1, 0.15) is 42.5 Å². The van der Waals surface area contributed by atoms with E-state index >= 15 is 0 Å². The summed E-state index contributed by atoms with van der Waals surface area (Å²) in [6.07, 6.45) is -4.35. The molecular formula is C14H19ClF3N. The lowest BCUT2D eigenvalue weighted by molar-refractivity contribution is -0.140. The van der Waals surface area contributed by atoms with Crippen molar-refractivity contribution in [2.45, 2.75) is 45.8 Å². The van der Waals surface area contributed by atoms with Gasteiger partial charge in [-0.05, 0) is 49.6 Å². The van der Waals surface area contributed by atoms with Gasteiger partial charge in [0.25, 0.3) is 0 Å². The fourth-order valence-electron chi connectivity index (χ4n) is 1.91. The van der Waals surface area contributed by atoms with Crippen LogP contribution in [0, 0.1) is 13.8 Å². The topological polar surface area (TPSA) is 12.0 Å². The Balaban J connectivity index is 3.06. The van der Waals surface area contributed by atoms with Gasteiger partial charge in [-0.25, -0.2) is 0 Å². The standard InChI is InChI=1S/C14H19ClF3N/c1-4-5-19-13(8-14(16,17)18)11-6-9(2)10(3)7-12(11)15/h6-7,13,19H,4-5,8H2,1-3H3. The molecule has 0 saturated heterocycles. The average Bonchev–Trinajstić information content (AvgIpc) is 2.28. The SMILES string of the molecule is CCCNC(CC(F)(F)F)c1cc(C)c(C)cc1Cl. The molecule has 1 aromatic carbocycles. The molecule has 19 heavy (non-hydrogen) atoms. The van der Waals surface area contributed by atoms with Gasteiger partial charge < -0.3 is 5.32 Å². The number of rotatable bonds is 5. The Kier molecular flexibility index (Phi) is 5.68. The second-order valence-electron chi connectivity index (χ2n) is 4.78. The van der Waals surface area contributed by atoms with E-state index in [1.165, 1.54) is 0 Å². The molecule has 0 aliphatic carbocycles. The predicted octanol–water partition coefficient (Wildman–Crippen LogP) is 4.95. The van der Waals surface area contributed by atoms with E-state index in [0.717, 1.165) is 17.5 Å². The number of halogens is 4. The van der Waals surface area contributed by atoms with Gasteiger partial charge >= 0.3 is 6.18 Å². The van der Waals surface area contributed by atoms with Gasteiger partial charge in [-0.2, -0.15) is 13.2 Å². The quantitative estimate of drug-likeness (QED) is 0.810. The summed E-state index contributed by atoms with van der Waals surface area (Å²) in [7, 11) is 0. The van der Waals surface area contributed by atoms with Crippen molar-refractivity contribution in [2.24, 2.45) is 0 Å². The van der Waals surface area contributed by atoms with E-state index in [4.69, 9.17) is 11.6 Å². The maximum Gasteiger partial charge on any atom is 0.390 e. The Morgan fingerprint density at radius 1 is 1.21 bits per heavy atom. The Morgan fingerprint density at radius 3 is 2.32 bits per heavy atom. The van der Waals surface area contributed by atoms with Crippen LogP contribution < -0.4 is 5.32 Å². The van der Waals surface area contributed by atoms with Crippen LogP contribution in [-0.2, 0) is 0 Å². The molecule has 1 nitrogen and oxygen atoms in total. The monoisotopic (exact) mass is 293 g/mol. The molecule has 0 fully saturated rings. The van der Waals surface area contributed by atoms with E-state index < -0.39 is 18.6 Å². The first-order valence-corrected chi connectivity index (χ1v) is 6.69. The summed E-state index contributed by atoms with van der Waals surface area (Å²) in [5, 5.41) is 3.32. The molecular weight excluding hydrogens is 275 g/mol. The molecule has 0 radical (unpaired) electrons. The lowest BCUT2D eigenvalue weighted by Gasteiger charge is -2.22. The number of alkyl halides is 3. The summed E-state index contributed by atoms with van der Waals surface area (Å²) in [4.78, 5) is 0. The van der Waals surface area contributed by atoms with E-state index in [-0.39, 0.29) is 0 Å². The third-order valence-corrected chi connectivity index (χ3v) is 3.39. The largest absolute Gasteiger partial charge is 0.390 e. The lowest BCUT2D eigenvalue weighted by Crippen LogP contribution is -2.27. The molecule has 0 amide bonds. The highest BCUT2D eigenvalue weighted by atomic mass is 35.5. The molecule has 5 heteroatoms. The second kappa shape index (κ2) is 6.62. The molecule has 1 aromatic rings. The smallest absolute Gasteiger partial charge is 0.310 e. The Labute approximate surface area is 117 Å². The maximum atomic E-state index is 12.6.